The van der Waals surface area contributed by atoms with E-state index in [0.29, 0.717) is 12.8 Å². The van der Waals surface area contributed by atoms with Crippen molar-refractivity contribution in [3.63, 3.8) is 0 Å². The Kier molecular flexibility index (Phi) is 11.3. The van der Waals surface area contributed by atoms with Crippen LogP contribution in [0.1, 0.15) is 101 Å². The third-order valence-corrected chi connectivity index (χ3v) is 6.87. The number of ketones is 2. The van der Waals surface area contributed by atoms with Crippen molar-refractivity contribution in [1.82, 2.24) is 0 Å². The van der Waals surface area contributed by atoms with Crippen LogP contribution in [-0.4, -0.2) is 11.6 Å². The number of Topliss-reactive ketones (excluding diaryl/α,β-unsaturated/α-hetero) is 2. The SMILES string of the molecule is C=CCC(=O)/C1=C(\C#Cc2ccc(C#C/C3=C(\C(=O)CC=C)CCCCCC3)cc2)CCCCCC1. The molecule has 0 atom stereocenters. The summed E-state index contributed by atoms with van der Waals surface area (Å²) in [4.78, 5) is 25.3. The van der Waals surface area contributed by atoms with E-state index in [1.54, 1.807) is 12.2 Å². The average molecular weight is 479 g/mol. The largest absolute Gasteiger partial charge is 0.294 e. The first-order valence-corrected chi connectivity index (χ1v) is 13.5. The minimum absolute atomic E-state index is 0.163. The van der Waals surface area contributed by atoms with Crippen LogP contribution in [0.2, 0.25) is 0 Å². The molecule has 0 saturated heterocycles. The molecule has 0 bridgehead atoms. The van der Waals surface area contributed by atoms with E-state index in [4.69, 9.17) is 0 Å². The van der Waals surface area contributed by atoms with Crippen molar-refractivity contribution in [3.05, 3.63) is 83.0 Å². The van der Waals surface area contributed by atoms with Crippen LogP contribution in [0.5, 0.6) is 0 Å². The summed E-state index contributed by atoms with van der Waals surface area (Å²) in [7, 11) is 0. The predicted molar refractivity (Wildman–Crippen MR) is 149 cm³/mol. The molecule has 0 heterocycles. The molecule has 0 N–H and O–H groups in total. The first-order valence-electron chi connectivity index (χ1n) is 13.5. The van der Waals surface area contributed by atoms with Gasteiger partial charge < -0.3 is 0 Å². The summed E-state index contributed by atoms with van der Waals surface area (Å²) in [5.41, 5.74) is 5.63. The second-order valence-electron chi connectivity index (χ2n) is 9.65. The summed E-state index contributed by atoms with van der Waals surface area (Å²) >= 11 is 0. The van der Waals surface area contributed by atoms with Crippen molar-refractivity contribution in [3.8, 4) is 23.7 Å². The van der Waals surface area contributed by atoms with Gasteiger partial charge in [0.2, 0.25) is 0 Å². The fraction of sp³-hybridized carbons (Fsp3) is 0.412. The zero-order valence-electron chi connectivity index (χ0n) is 21.6. The number of hydrogen-bond acceptors (Lipinski definition) is 2. The monoisotopic (exact) mass is 478 g/mol. The molecule has 0 amide bonds. The summed E-state index contributed by atoms with van der Waals surface area (Å²) < 4.78 is 0. The molecule has 36 heavy (non-hydrogen) atoms. The summed E-state index contributed by atoms with van der Waals surface area (Å²) in [5.74, 6) is 13.5. The smallest absolute Gasteiger partial charge is 0.163 e. The van der Waals surface area contributed by atoms with Crippen LogP contribution < -0.4 is 0 Å². The van der Waals surface area contributed by atoms with Crippen molar-refractivity contribution >= 4 is 11.6 Å². The minimum Gasteiger partial charge on any atom is -0.294 e. The molecule has 186 valence electrons. The molecule has 0 spiro atoms. The molecule has 2 aliphatic rings. The topological polar surface area (TPSA) is 34.1 Å². The first-order chi connectivity index (χ1) is 17.6. The lowest BCUT2D eigenvalue weighted by molar-refractivity contribution is -0.115. The lowest BCUT2D eigenvalue weighted by Crippen LogP contribution is -2.07. The number of hydrogen-bond donors (Lipinski definition) is 0. The van der Waals surface area contributed by atoms with Gasteiger partial charge in [-0.3, -0.25) is 9.59 Å². The molecule has 2 heteroatoms. The summed E-state index contributed by atoms with van der Waals surface area (Å²) in [5, 5.41) is 0. The van der Waals surface area contributed by atoms with E-state index in [1.165, 1.54) is 25.7 Å². The third kappa shape index (κ3) is 8.39. The van der Waals surface area contributed by atoms with Gasteiger partial charge in [-0.05, 0) is 75.6 Å². The van der Waals surface area contributed by atoms with Gasteiger partial charge in [0.05, 0.1) is 0 Å². The molecule has 0 radical (unpaired) electrons. The molecule has 2 nitrogen and oxygen atoms in total. The van der Waals surface area contributed by atoms with Crippen molar-refractivity contribution < 1.29 is 9.59 Å². The highest BCUT2D eigenvalue weighted by molar-refractivity contribution is 5.98. The van der Waals surface area contributed by atoms with Crippen LogP contribution in [0.4, 0.5) is 0 Å². The maximum Gasteiger partial charge on any atom is 0.163 e. The molecule has 1 aromatic rings. The second kappa shape index (κ2) is 14.9. The van der Waals surface area contributed by atoms with Gasteiger partial charge in [0.25, 0.3) is 0 Å². The highest BCUT2D eigenvalue weighted by Gasteiger charge is 2.16. The quantitative estimate of drug-likeness (QED) is 0.307. The molecule has 3 rings (SSSR count). The highest BCUT2D eigenvalue weighted by Crippen LogP contribution is 2.26. The van der Waals surface area contributed by atoms with Gasteiger partial charge in [-0.15, -0.1) is 13.2 Å². The van der Waals surface area contributed by atoms with E-state index in [1.807, 2.05) is 24.3 Å². The van der Waals surface area contributed by atoms with Crippen LogP contribution in [0, 0.1) is 23.7 Å². The third-order valence-electron chi connectivity index (χ3n) is 6.87. The van der Waals surface area contributed by atoms with E-state index < -0.39 is 0 Å². The van der Waals surface area contributed by atoms with Crippen molar-refractivity contribution in [2.75, 3.05) is 0 Å². The number of benzene rings is 1. The standard InChI is InChI=1S/C34H38O2/c1-3-13-33(35)31-17-11-7-5-9-15-29(31)25-23-27-19-21-28(22-20-27)24-26-30-16-10-6-8-12-18-32(30)34(36)14-4-2/h3-4,19-22H,1-2,5-18H2/b31-29-,32-30-. The maximum atomic E-state index is 12.6. The normalized spacial score (nSPS) is 20.7. The molecule has 2 aliphatic carbocycles. The highest BCUT2D eigenvalue weighted by atomic mass is 16.1. The van der Waals surface area contributed by atoms with E-state index in [2.05, 4.69) is 36.8 Å². The van der Waals surface area contributed by atoms with Gasteiger partial charge in [-0.25, -0.2) is 0 Å². The Morgan fingerprint density at radius 1 is 0.583 bits per heavy atom. The van der Waals surface area contributed by atoms with Gasteiger partial charge in [0, 0.05) is 46.3 Å². The van der Waals surface area contributed by atoms with E-state index in [-0.39, 0.29) is 11.6 Å². The van der Waals surface area contributed by atoms with E-state index >= 15 is 0 Å². The second-order valence-corrected chi connectivity index (χ2v) is 9.65. The Hall–Kier alpha value is -3.36. The Balaban J connectivity index is 1.82. The molecule has 0 aliphatic heterocycles. The van der Waals surface area contributed by atoms with Crippen LogP contribution in [0.25, 0.3) is 0 Å². The molecule has 0 fully saturated rings. The maximum absolute atomic E-state index is 12.6. The van der Waals surface area contributed by atoms with Crippen LogP contribution in [-0.2, 0) is 9.59 Å². The summed E-state index contributed by atoms with van der Waals surface area (Å²) in [6, 6.07) is 7.95. The summed E-state index contributed by atoms with van der Waals surface area (Å²) in [6.07, 6.45) is 16.5. The predicted octanol–water partition coefficient (Wildman–Crippen LogP) is 7.98. The van der Waals surface area contributed by atoms with Crippen LogP contribution in [0.3, 0.4) is 0 Å². The molecule has 0 saturated carbocycles. The van der Waals surface area contributed by atoms with Gasteiger partial charge >= 0.3 is 0 Å². The fourth-order valence-corrected chi connectivity index (χ4v) is 4.85. The number of carbonyl (C=O) groups is 2. The molecule has 1 aromatic carbocycles. The van der Waals surface area contributed by atoms with Crippen LogP contribution >= 0.6 is 0 Å². The first kappa shape index (κ1) is 27.2. The van der Waals surface area contributed by atoms with Crippen molar-refractivity contribution in [2.24, 2.45) is 0 Å². The number of rotatable bonds is 6. The van der Waals surface area contributed by atoms with Gasteiger partial charge in [0.15, 0.2) is 11.6 Å². The van der Waals surface area contributed by atoms with Gasteiger partial charge in [-0.2, -0.15) is 0 Å². The van der Waals surface area contributed by atoms with E-state index in [0.717, 1.165) is 84.8 Å². The van der Waals surface area contributed by atoms with Crippen molar-refractivity contribution in [1.29, 1.82) is 0 Å². The minimum atomic E-state index is 0.163. The number of allylic oxidation sites excluding steroid dienone is 6. The van der Waals surface area contributed by atoms with Gasteiger partial charge in [0.1, 0.15) is 0 Å². The average Bonchev–Trinajstić information content (AvgIpc) is 2.84. The molecular weight excluding hydrogens is 440 g/mol. The Labute approximate surface area is 217 Å². The van der Waals surface area contributed by atoms with E-state index in [9.17, 15) is 9.59 Å². The fourth-order valence-electron chi connectivity index (χ4n) is 4.85. The molecular formula is C34H38O2. The van der Waals surface area contributed by atoms with Crippen molar-refractivity contribution in [2.45, 2.75) is 89.9 Å². The Bertz CT molecular complexity index is 1060. The lowest BCUT2D eigenvalue weighted by Gasteiger charge is -2.13. The zero-order chi connectivity index (χ0) is 25.6. The lowest BCUT2D eigenvalue weighted by atomic mass is 9.90. The summed E-state index contributed by atoms with van der Waals surface area (Å²) in [6.45, 7) is 7.45. The Morgan fingerprint density at radius 3 is 1.31 bits per heavy atom. The molecule has 0 aromatic heterocycles. The Morgan fingerprint density at radius 2 is 0.944 bits per heavy atom. The number of carbonyl (C=O) groups excluding carboxylic acids is 2. The van der Waals surface area contributed by atoms with Crippen LogP contribution in [0.15, 0.2) is 71.9 Å². The zero-order valence-corrected chi connectivity index (χ0v) is 21.6. The molecule has 0 unspecified atom stereocenters. The van der Waals surface area contributed by atoms with Gasteiger partial charge in [-0.1, -0.05) is 61.5 Å².